The molecule has 9 heteroatoms. The normalized spacial score (nSPS) is 13.2. The van der Waals surface area contributed by atoms with Gasteiger partial charge in [0.1, 0.15) is 5.82 Å². The minimum Gasteiger partial charge on any atom is -0.423 e. The number of nitrogens with zero attached hydrogens (tertiary/aromatic N) is 3. The second kappa shape index (κ2) is 8.01. The standard InChI is InChI=1S/C22H22BN5O3/c29-22-26-19-16(23(30)31)10-6-12-18(19)28(22)21-25-17-11-5-4-9-15(17)20(27-21)24-13-14-7-2-1-3-8-14/h1-3,6-8,10,12,30-31H,4-5,9,11,13H2,(H,26,29)(H,24,25,27). The van der Waals surface area contributed by atoms with E-state index in [-0.39, 0.29) is 11.4 Å². The Kier molecular flexibility index (Phi) is 5.05. The fourth-order valence-corrected chi connectivity index (χ4v) is 4.17. The summed E-state index contributed by atoms with van der Waals surface area (Å²) in [6, 6.07) is 15.0. The highest BCUT2D eigenvalue weighted by atomic mass is 16.4. The predicted octanol–water partition coefficient (Wildman–Crippen LogP) is 1.28. The average Bonchev–Trinajstić information content (AvgIpc) is 3.13. The summed E-state index contributed by atoms with van der Waals surface area (Å²) in [5.74, 6) is 1.01. The van der Waals surface area contributed by atoms with Crippen molar-refractivity contribution in [1.29, 1.82) is 0 Å². The number of imidazole rings is 1. The van der Waals surface area contributed by atoms with Gasteiger partial charge in [0.2, 0.25) is 5.95 Å². The first-order chi connectivity index (χ1) is 15.1. The topological polar surface area (TPSA) is 116 Å². The van der Waals surface area contributed by atoms with Crippen LogP contribution in [0.3, 0.4) is 0 Å². The summed E-state index contributed by atoms with van der Waals surface area (Å²) in [4.78, 5) is 25.0. The number of H-pyrrole nitrogens is 1. The van der Waals surface area contributed by atoms with Gasteiger partial charge in [-0.3, -0.25) is 0 Å². The van der Waals surface area contributed by atoms with E-state index in [0.717, 1.165) is 48.3 Å². The van der Waals surface area contributed by atoms with Crippen LogP contribution in [-0.2, 0) is 19.4 Å². The molecular formula is C22H22BN5O3. The predicted molar refractivity (Wildman–Crippen MR) is 120 cm³/mol. The summed E-state index contributed by atoms with van der Waals surface area (Å²) in [6.07, 6.45) is 3.87. The van der Waals surface area contributed by atoms with E-state index in [9.17, 15) is 14.8 Å². The lowest BCUT2D eigenvalue weighted by atomic mass is 9.79. The molecule has 0 unspecified atom stereocenters. The van der Waals surface area contributed by atoms with E-state index < -0.39 is 12.8 Å². The van der Waals surface area contributed by atoms with Crippen LogP contribution in [0.1, 0.15) is 29.7 Å². The number of benzene rings is 2. The van der Waals surface area contributed by atoms with Crippen LogP contribution in [-0.4, -0.2) is 36.7 Å². The minimum atomic E-state index is -1.69. The zero-order valence-corrected chi connectivity index (χ0v) is 16.9. The summed E-state index contributed by atoms with van der Waals surface area (Å²) in [6.45, 7) is 0.618. The maximum absolute atomic E-state index is 12.8. The van der Waals surface area contributed by atoms with Crippen molar-refractivity contribution in [2.24, 2.45) is 0 Å². The van der Waals surface area contributed by atoms with Gasteiger partial charge < -0.3 is 20.3 Å². The van der Waals surface area contributed by atoms with E-state index >= 15 is 0 Å². The van der Waals surface area contributed by atoms with Crippen molar-refractivity contribution in [3.05, 3.63) is 75.8 Å². The molecular weight excluding hydrogens is 393 g/mol. The Morgan fingerprint density at radius 2 is 1.84 bits per heavy atom. The molecule has 0 saturated carbocycles. The highest BCUT2D eigenvalue weighted by Crippen LogP contribution is 2.27. The maximum atomic E-state index is 12.8. The third-order valence-electron chi connectivity index (χ3n) is 5.70. The zero-order chi connectivity index (χ0) is 21.4. The van der Waals surface area contributed by atoms with Crippen molar-refractivity contribution in [2.45, 2.75) is 32.2 Å². The Labute approximate surface area is 178 Å². The third-order valence-corrected chi connectivity index (χ3v) is 5.70. The number of hydrogen-bond acceptors (Lipinski definition) is 6. The van der Waals surface area contributed by atoms with Gasteiger partial charge in [0.05, 0.1) is 16.7 Å². The number of aromatic nitrogens is 4. The fourth-order valence-electron chi connectivity index (χ4n) is 4.17. The molecule has 31 heavy (non-hydrogen) atoms. The average molecular weight is 415 g/mol. The molecule has 5 rings (SSSR count). The monoisotopic (exact) mass is 415 g/mol. The molecule has 4 aromatic rings. The Balaban J connectivity index is 1.62. The SMILES string of the molecule is O=c1[nH]c2c(B(O)O)cccc2n1-c1nc2c(c(NCc3ccccc3)n1)CCCC2. The molecule has 0 saturated heterocycles. The van der Waals surface area contributed by atoms with Gasteiger partial charge in [-0.1, -0.05) is 42.5 Å². The molecule has 4 N–H and O–H groups in total. The summed E-state index contributed by atoms with van der Waals surface area (Å²) >= 11 is 0. The molecule has 2 aromatic carbocycles. The number of aryl methyl sites for hydroxylation is 1. The van der Waals surface area contributed by atoms with Crippen LogP contribution in [0.15, 0.2) is 53.3 Å². The molecule has 8 nitrogen and oxygen atoms in total. The molecule has 2 heterocycles. The Bertz CT molecular complexity index is 1300. The lowest BCUT2D eigenvalue weighted by Gasteiger charge is -2.20. The van der Waals surface area contributed by atoms with Gasteiger partial charge in [0, 0.05) is 17.6 Å². The summed E-state index contributed by atoms with van der Waals surface area (Å²) in [5, 5.41) is 22.7. The molecule has 0 radical (unpaired) electrons. The van der Waals surface area contributed by atoms with E-state index in [0.29, 0.717) is 17.6 Å². The molecule has 0 aliphatic heterocycles. The molecule has 0 bridgehead atoms. The summed E-state index contributed by atoms with van der Waals surface area (Å²) in [5.41, 5.74) is 3.86. The summed E-state index contributed by atoms with van der Waals surface area (Å²) < 4.78 is 1.39. The van der Waals surface area contributed by atoms with Crippen molar-refractivity contribution < 1.29 is 10.0 Å². The van der Waals surface area contributed by atoms with Gasteiger partial charge in [0.25, 0.3) is 0 Å². The van der Waals surface area contributed by atoms with Gasteiger partial charge in [0.15, 0.2) is 0 Å². The van der Waals surface area contributed by atoms with Crippen molar-refractivity contribution in [3.63, 3.8) is 0 Å². The molecule has 0 fully saturated rings. The van der Waals surface area contributed by atoms with Crippen LogP contribution in [0, 0.1) is 0 Å². The smallest absolute Gasteiger partial charge is 0.423 e. The third kappa shape index (κ3) is 3.62. The van der Waals surface area contributed by atoms with Gasteiger partial charge in [-0.2, -0.15) is 4.98 Å². The van der Waals surface area contributed by atoms with Gasteiger partial charge in [-0.15, -0.1) is 0 Å². The van der Waals surface area contributed by atoms with Crippen LogP contribution in [0.5, 0.6) is 0 Å². The van der Waals surface area contributed by atoms with Crippen molar-refractivity contribution in [1.82, 2.24) is 19.5 Å². The number of anilines is 1. The van der Waals surface area contributed by atoms with E-state index in [2.05, 4.69) is 10.3 Å². The highest BCUT2D eigenvalue weighted by molar-refractivity contribution is 6.61. The van der Waals surface area contributed by atoms with Crippen molar-refractivity contribution in [2.75, 3.05) is 5.32 Å². The Morgan fingerprint density at radius 1 is 1.03 bits per heavy atom. The number of fused-ring (bicyclic) bond motifs is 2. The van der Waals surface area contributed by atoms with Gasteiger partial charge in [-0.25, -0.2) is 14.3 Å². The van der Waals surface area contributed by atoms with Crippen molar-refractivity contribution in [3.8, 4) is 5.95 Å². The molecule has 0 spiro atoms. The first kappa shape index (κ1) is 19.5. The van der Waals surface area contributed by atoms with Crippen LogP contribution in [0.25, 0.3) is 17.0 Å². The van der Waals surface area contributed by atoms with Gasteiger partial charge >= 0.3 is 12.8 Å². The molecule has 1 aliphatic carbocycles. The van der Waals surface area contributed by atoms with Crippen LogP contribution in [0.4, 0.5) is 5.82 Å². The van der Waals surface area contributed by atoms with Crippen LogP contribution < -0.4 is 16.5 Å². The first-order valence-corrected chi connectivity index (χ1v) is 10.4. The summed E-state index contributed by atoms with van der Waals surface area (Å²) in [7, 11) is -1.69. The van der Waals surface area contributed by atoms with Crippen molar-refractivity contribution >= 4 is 29.4 Å². The van der Waals surface area contributed by atoms with Crippen LogP contribution >= 0.6 is 0 Å². The van der Waals surface area contributed by atoms with E-state index in [1.165, 1.54) is 4.57 Å². The Hall–Kier alpha value is -3.43. The molecule has 1 aliphatic rings. The van der Waals surface area contributed by atoms with E-state index in [1.807, 2.05) is 30.3 Å². The number of hydrogen-bond donors (Lipinski definition) is 4. The molecule has 156 valence electrons. The molecule has 2 aromatic heterocycles. The molecule has 0 atom stereocenters. The lowest BCUT2D eigenvalue weighted by Crippen LogP contribution is -2.30. The Morgan fingerprint density at radius 3 is 2.65 bits per heavy atom. The lowest BCUT2D eigenvalue weighted by molar-refractivity contribution is 0.426. The van der Waals surface area contributed by atoms with E-state index in [1.54, 1.807) is 18.2 Å². The highest BCUT2D eigenvalue weighted by Gasteiger charge is 2.23. The largest absolute Gasteiger partial charge is 0.490 e. The number of para-hydroxylation sites is 1. The van der Waals surface area contributed by atoms with E-state index in [4.69, 9.17) is 9.97 Å². The number of rotatable bonds is 5. The quantitative estimate of drug-likeness (QED) is 0.365. The first-order valence-electron chi connectivity index (χ1n) is 10.4. The fraction of sp³-hybridized carbons (Fsp3) is 0.227. The van der Waals surface area contributed by atoms with Gasteiger partial charge in [-0.05, 0) is 37.3 Å². The second-order valence-electron chi connectivity index (χ2n) is 7.72. The molecule has 0 amide bonds. The minimum absolute atomic E-state index is 0.230. The number of aromatic amines is 1. The maximum Gasteiger partial charge on any atom is 0.490 e. The van der Waals surface area contributed by atoms with Crippen LogP contribution in [0.2, 0.25) is 0 Å². The number of nitrogens with one attached hydrogen (secondary N) is 2. The second-order valence-corrected chi connectivity index (χ2v) is 7.72. The zero-order valence-electron chi connectivity index (χ0n) is 16.9.